The van der Waals surface area contributed by atoms with Crippen LogP contribution in [0.25, 0.3) is 0 Å². The summed E-state index contributed by atoms with van der Waals surface area (Å²) in [5.41, 5.74) is 1.95. The molecule has 4 N–H and O–H groups in total. The normalized spacial score (nSPS) is 40.8. The number of aliphatic hydroxyl groups excluding tert-OH is 2. The second-order valence-corrected chi connectivity index (χ2v) is 13.8. The lowest BCUT2D eigenvalue weighted by atomic mass is 9.43. The number of aliphatic hydroxyl groups is 2. The summed E-state index contributed by atoms with van der Waals surface area (Å²) in [6, 6.07) is 7.24. The van der Waals surface area contributed by atoms with Crippen molar-refractivity contribution in [1.82, 2.24) is 0 Å². The predicted molar refractivity (Wildman–Crippen MR) is 150 cm³/mol. The van der Waals surface area contributed by atoms with Gasteiger partial charge in [0.1, 0.15) is 0 Å². The molecular formula is C32H48N2O4. The highest BCUT2D eigenvalue weighted by atomic mass is 16.3. The first-order valence-corrected chi connectivity index (χ1v) is 15.0. The Bertz CT molecular complexity index is 1030. The van der Waals surface area contributed by atoms with Crippen molar-refractivity contribution in [3.8, 4) is 0 Å². The van der Waals surface area contributed by atoms with Gasteiger partial charge in [-0.25, -0.2) is 0 Å². The van der Waals surface area contributed by atoms with Crippen LogP contribution in [0, 0.1) is 46.3 Å². The number of carbonyl (C=O) groups is 2. The molecule has 0 radical (unpaired) electrons. The first kappa shape index (κ1) is 27.6. The summed E-state index contributed by atoms with van der Waals surface area (Å²) in [5.74, 6) is 2.93. The Morgan fingerprint density at radius 2 is 1.55 bits per heavy atom. The third kappa shape index (κ3) is 5.03. The molecule has 1 aromatic carbocycles. The van der Waals surface area contributed by atoms with Crippen molar-refractivity contribution >= 4 is 23.2 Å². The second-order valence-electron chi connectivity index (χ2n) is 13.8. The zero-order valence-corrected chi connectivity index (χ0v) is 23.7. The van der Waals surface area contributed by atoms with Crippen molar-refractivity contribution in [2.75, 3.05) is 10.6 Å². The molecule has 0 aromatic heterocycles. The van der Waals surface area contributed by atoms with Gasteiger partial charge in [0.25, 0.3) is 0 Å². The summed E-state index contributed by atoms with van der Waals surface area (Å²) in [5, 5.41) is 27.5. The summed E-state index contributed by atoms with van der Waals surface area (Å²) in [6.07, 6.45) is 9.47. The Hall–Kier alpha value is -1.92. The maximum Gasteiger partial charge on any atom is 0.224 e. The molecule has 38 heavy (non-hydrogen) atoms. The fourth-order valence-electron chi connectivity index (χ4n) is 9.80. The number of hydrogen-bond acceptors (Lipinski definition) is 4. The molecular weight excluding hydrogens is 476 g/mol. The SMILES string of the molecule is CC(=O)Nc1ccc(NC(=O)CC[C@@H](C)[C@@H]2CC[C@@H]3[C@H]4[C@@H](CC[C@@]32C)[C@@]2(C)CC[C@@H](O)C[C@@H]2C[C@@H]4O)cc1. The lowest BCUT2D eigenvalue weighted by Crippen LogP contribution is -2.58. The van der Waals surface area contributed by atoms with Gasteiger partial charge in [0.05, 0.1) is 12.2 Å². The number of anilines is 2. The summed E-state index contributed by atoms with van der Waals surface area (Å²) in [7, 11) is 0. The van der Waals surface area contributed by atoms with E-state index in [0.29, 0.717) is 41.9 Å². The number of hydrogen-bond donors (Lipinski definition) is 4. The Morgan fingerprint density at radius 1 is 0.921 bits per heavy atom. The van der Waals surface area contributed by atoms with Crippen LogP contribution >= 0.6 is 0 Å². The molecule has 4 aliphatic rings. The minimum atomic E-state index is -0.245. The average Bonchev–Trinajstić information content (AvgIpc) is 3.22. The fourth-order valence-corrected chi connectivity index (χ4v) is 9.80. The monoisotopic (exact) mass is 524 g/mol. The van der Waals surface area contributed by atoms with Crippen LogP contribution in [-0.2, 0) is 9.59 Å². The van der Waals surface area contributed by atoms with E-state index in [0.717, 1.165) is 43.5 Å². The molecule has 4 saturated carbocycles. The number of carbonyl (C=O) groups excluding carboxylic acids is 2. The van der Waals surface area contributed by atoms with Crippen LogP contribution in [0.5, 0.6) is 0 Å². The average molecular weight is 525 g/mol. The van der Waals surface area contributed by atoms with Gasteiger partial charge in [0.2, 0.25) is 11.8 Å². The summed E-state index contributed by atoms with van der Waals surface area (Å²) in [4.78, 5) is 24.0. The van der Waals surface area contributed by atoms with E-state index in [2.05, 4.69) is 31.4 Å². The van der Waals surface area contributed by atoms with Crippen molar-refractivity contribution in [1.29, 1.82) is 0 Å². The maximum atomic E-state index is 12.7. The second kappa shape index (κ2) is 10.6. The highest BCUT2D eigenvalue weighted by Gasteiger charge is 2.62. The molecule has 6 heteroatoms. The molecule has 6 nitrogen and oxygen atoms in total. The predicted octanol–water partition coefficient (Wildman–Crippen LogP) is 5.99. The summed E-state index contributed by atoms with van der Waals surface area (Å²) < 4.78 is 0. The van der Waals surface area contributed by atoms with E-state index in [1.807, 2.05) is 12.1 Å². The number of amides is 2. The van der Waals surface area contributed by atoms with E-state index in [-0.39, 0.29) is 34.9 Å². The smallest absolute Gasteiger partial charge is 0.224 e. The van der Waals surface area contributed by atoms with Gasteiger partial charge in [-0.1, -0.05) is 20.8 Å². The van der Waals surface area contributed by atoms with Crippen molar-refractivity contribution < 1.29 is 19.8 Å². The Kier molecular flexibility index (Phi) is 7.69. The summed E-state index contributed by atoms with van der Waals surface area (Å²) in [6.45, 7) is 8.77. The summed E-state index contributed by atoms with van der Waals surface area (Å²) >= 11 is 0. The molecule has 0 spiro atoms. The van der Waals surface area contributed by atoms with E-state index >= 15 is 0 Å². The van der Waals surface area contributed by atoms with Gasteiger partial charge >= 0.3 is 0 Å². The third-order valence-corrected chi connectivity index (χ3v) is 11.7. The molecule has 1 aromatic rings. The van der Waals surface area contributed by atoms with Gasteiger partial charge in [0, 0.05) is 24.7 Å². The van der Waals surface area contributed by atoms with Crippen molar-refractivity contribution in [2.45, 2.75) is 104 Å². The maximum absolute atomic E-state index is 12.7. The van der Waals surface area contributed by atoms with Crippen LogP contribution in [0.1, 0.15) is 91.9 Å². The molecule has 4 aliphatic carbocycles. The molecule has 5 rings (SSSR count). The molecule has 0 heterocycles. The molecule has 2 amide bonds. The zero-order valence-electron chi connectivity index (χ0n) is 23.7. The first-order valence-electron chi connectivity index (χ1n) is 15.0. The molecule has 0 unspecified atom stereocenters. The van der Waals surface area contributed by atoms with Crippen LogP contribution < -0.4 is 10.6 Å². The van der Waals surface area contributed by atoms with E-state index < -0.39 is 0 Å². The molecule has 4 fully saturated rings. The van der Waals surface area contributed by atoms with Gasteiger partial charge in [-0.05, 0) is 128 Å². The Labute approximate surface area is 228 Å². The first-order chi connectivity index (χ1) is 18.0. The topological polar surface area (TPSA) is 98.7 Å². The number of rotatable bonds is 6. The lowest BCUT2D eigenvalue weighted by Gasteiger charge is -2.62. The molecule has 10 atom stereocenters. The van der Waals surface area contributed by atoms with E-state index in [4.69, 9.17) is 0 Å². The number of benzene rings is 1. The van der Waals surface area contributed by atoms with Gasteiger partial charge in [-0.15, -0.1) is 0 Å². The molecule has 0 aliphatic heterocycles. The van der Waals surface area contributed by atoms with Crippen LogP contribution in [0.4, 0.5) is 11.4 Å². The number of fused-ring (bicyclic) bond motifs is 5. The molecule has 0 saturated heterocycles. The minimum Gasteiger partial charge on any atom is -0.393 e. The van der Waals surface area contributed by atoms with Crippen molar-refractivity contribution in [3.05, 3.63) is 24.3 Å². The van der Waals surface area contributed by atoms with Gasteiger partial charge in [-0.2, -0.15) is 0 Å². The van der Waals surface area contributed by atoms with Crippen LogP contribution in [0.2, 0.25) is 0 Å². The van der Waals surface area contributed by atoms with E-state index in [1.54, 1.807) is 12.1 Å². The standard InChI is InChI=1S/C32H48N2O4/c1-19(5-12-29(38)34-23-8-6-22(7-9-23)33-20(2)35)25-10-11-26-30-27(14-16-32(25,26)4)31(3)15-13-24(36)17-21(31)18-28(30)37/h6-9,19,21,24-28,30,36-37H,5,10-18H2,1-4H3,(H,33,35)(H,34,38)/t19-,21-,24-,25+,26-,27-,28+,30+,31+,32-/m1/s1. The van der Waals surface area contributed by atoms with Gasteiger partial charge < -0.3 is 20.8 Å². The minimum absolute atomic E-state index is 0.0358. The van der Waals surface area contributed by atoms with Crippen molar-refractivity contribution in [3.63, 3.8) is 0 Å². The Morgan fingerprint density at radius 3 is 2.24 bits per heavy atom. The highest BCUT2D eigenvalue weighted by molar-refractivity contribution is 5.92. The fraction of sp³-hybridized carbons (Fsp3) is 0.750. The third-order valence-electron chi connectivity index (χ3n) is 11.7. The Balaban J connectivity index is 1.19. The van der Waals surface area contributed by atoms with Crippen LogP contribution in [0.15, 0.2) is 24.3 Å². The van der Waals surface area contributed by atoms with Gasteiger partial charge in [0.15, 0.2) is 0 Å². The largest absolute Gasteiger partial charge is 0.393 e. The van der Waals surface area contributed by atoms with E-state index in [1.165, 1.54) is 32.6 Å². The highest BCUT2D eigenvalue weighted by Crippen LogP contribution is 2.68. The molecule has 210 valence electrons. The van der Waals surface area contributed by atoms with Crippen LogP contribution in [0.3, 0.4) is 0 Å². The van der Waals surface area contributed by atoms with E-state index in [9.17, 15) is 19.8 Å². The van der Waals surface area contributed by atoms with Gasteiger partial charge in [-0.3, -0.25) is 9.59 Å². The van der Waals surface area contributed by atoms with Crippen molar-refractivity contribution in [2.24, 2.45) is 46.3 Å². The van der Waals surface area contributed by atoms with Crippen LogP contribution in [-0.4, -0.2) is 34.2 Å². The number of nitrogens with one attached hydrogen (secondary N) is 2. The molecule has 0 bridgehead atoms. The quantitative estimate of drug-likeness (QED) is 0.367. The lowest BCUT2D eigenvalue weighted by molar-refractivity contribution is -0.174. The zero-order chi connectivity index (χ0) is 27.2.